The predicted octanol–water partition coefficient (Wildman–Crippen LogP) is 5.83. The largest absolute Gasteiger partial charge is 0.497 e. The van der Waals surface area contributed by atoms with Crippen molar-refractivity contribution in [2.75, 3.05) is 35.9 Å². The first-order chi connectivity index (χ1) is 16.6. The van der Waals surface area contributed by atoms with E-state index >= 15 is 0 Å². The van der Waals surface area contributed by atoms with Crippen LogP contribution in [0.1, 0.15) is 26.9 Å². The molecule has 1 aliphatic heterocycles. The minimum Gasteiger partial charge on any atom is -0.497 e. The van der Waals surface area contributed by atoms with E-state index in [1.54, 1.807) is 55.6 Å². The molecular weight excluding hydrogens is 468 g/mol. The summed E-state index contributed by atoms with van der Waals surface area (Å²) in [4.78, 5) is 25.3. The first-order valence-electron chi connectivity index (χ1n) is 10.9. The van der Waals surface area contributed by atoms with Gasteiger partial charge in [-0.05, 0) is 59.9 Å². The molecule has 4 rings (SSSR count). The van der Waals surface area contributed by atoms with E-state index in [2.05, 4.69) is 22.8 Å². The number of thioether (sulfide) groups is 2. The molecular formula is C26H26N2O4S2. The summed E-state index contributed by atoms with van der Waals surface area (Å²) in [7, 11) is 1.57. The molecule has 0 aliphatic carbocycles. The van der Waals surface area contributed by atoms with Crippen LogP contribution in [0.5, 0.6) is 11.5 Å². The number of carbonyl (C=O) groups is 2. The van der Waals surface area contributed by atoms with Crippen LogP contribution in [-0.2, 0) is 4.79 Å². The number of methoxy groups -OCH3 is 1. The van der Waals surface area contributed by atoms with Crippen LogP contribution in [0.25, 0.3) is 0 Å². The van der Waals surface area contributed by atoms with Crippen LogP contribution in [-0.4, -0.2) is 37.0 Å². The second-order valence-corrected chi connectivity index (χ2v) is 10.3. The standard InChI is InChI=1S/C26H26N2O4S2/c1-31-21-7-4-6-19(16-21)27-25(30)22-8-2-3-9-23(22)28-24(29)17-32-20-12-10-18(11-13-20)26-33-14-5-15-34-26/h2-4,6-13,16,26H,5,14-15,17H2,1H3,(H,27,30)(H,28,29). The van der Waals surface area contributed by atoms with Crippen LogP contribution < -0.4 is 20.1 Å². The van der Waals surface area contributed by atoms with Crippen molar-refractivity contribution < 1.29 is 19.1 Å². The van der Waals surface area contributed by atoms with E-state index in [9.17, 15) is 9.59 Å². The van der Waals surface area contributed by atoms with E-state index in [-0.39, 0.29) is 18.4 Å². The molecule has 0 saturated carbocycles. The quantitative estimate of drug-likeness (QED) is 0.410. The van der Waals surface area contributed by atoms with Crippen molar-refractivity contribution in [2.45, 2.75) is 11.0 Å². The SMILES string of the molecule is COc1cccc(NC(=O)c2ccccc2NC(=O)COc2ccc(C3SCCCS3)cc2)c1. The number of carbonyl (C=O) groups excluding carboxylic acids is 2. The molecule has 0 spiro atoms. The van der Waals surface area contributed by atoms with Gasteiger partial charge in [0.1, 0.15) is 11.5 Å². The number of hydrogen-bond donors (Lipinski definition) is 2. The Kier molecular flexibility index (Phi) is 8.38. The van der Waals surface area contributed by atoms with Crippen LogP contribution in [0.3, 0.4) is 0 Å². The zero-order chi connectivity index (χ0) is 23.8. The van der Waals surface area contributed by atoms with E-state index in [1.807, 2.05) is 35.7 Å². The number of rotatable bonds is 8. The molecule has 0 radical (unpaired) electrons. The van der Waals surface area contributed by atoms with Crippen LogP contribution in [0.2, 0.25) is 0 Å². The summed E-state index contributed by atoms with van der Waals surface area (Å²) < 4.78 is 11.3. The van der Waals surface area contributed by atoms with Gasteiger partial charge in [-0.15, -0.1) is 23.5 Å². The van der Waals surface area contributed by atoms with Gasteiger partial charge in [-0.25, -0.2) is 0 Å². The van der Waals surface area contributed by atoms with Gasteiger partial charge >= 0.3 is 0 Å². The summed E-state index contributed by atoms with van der Waals surface area (Å²) in [5, 5.41) is 5.61. The molecule has 2 amide bonds. The van der Waals surface area contributed by atoms with Gasteiger partial charge in [-0.2, -0.15) is 0 Å². The molecule has 1 heterocycles. The van der Waals surface area contributed by atoms with Crippen molar-refractivity contribution in [3.05, 3.63) is 83.9 Å². The molecule has 34 heavy (non-hydrogen) atoms. The van der Waals surface area contributed by atoms with Crippen molar-refractivity contribution in [1.29, 1.82) is 0 Å². The van der Waals surface area contributed by atoms with Crippen molar-refractivity contribution in [3.8, 4) is 11.5 Å². The third-order valence-electron chi connectivity index (χ3n) is 5.12. The molecule has 0 unspecified atom stereocenters. The van der Waals surface area contributed by atoms with Crippen molar-refractivity contribution in [3.63, 3.8) is 0 Å². The van der Waals surface area contributed by atoms with E-state index in [4.69, 9.17) is 9.47 Å². The van der Waals surface area contributed by atoms with E-state index < -0.39 is 0 Å². The lowest BCUT2D eigenvalue weighted by atomic mass is 10.1. The van der Waals surface area contributed by atoms with Gasteiger partial charge in [0, 0.05) is 11.8 Å². The van der Waals surface area contributed by atoms with E-state index in [0.717, 1.165) is 0 Å². The molecule has 0 bridgehead atoms. The molecule has 0 atom stereocenters. The summed E-state index contributed by atoms with van der Waals surface area (Å²) >= 11 is 3.93. The minimum absolute atomic E-state index is 0.155. The Morgan fingerprint density at radius 3 is 2.44 bits per heavy atom. The first kappa shape index (κ1) is 24.0. The number of nitrogens with one attached hydrogen (secondary N) is 2. The van der Waals surface area contributed by atoms with Gasteiger partial charge in [-0.3, -0.25) is 9.59 Å². The summed E-state index contributed by atoms with van der Waals surface area (Å²) in [6.45, 7) is -0.155. The van der Waals surface area contributed by atoms with Gasteiger partial charge in [0.25, 0.3) is 11.8 Å². The van der Waals surface area contributed by atoms with Gasteiger partial charge in [0.15, 0.2) is 6.61 Å². The fourth-order valence-corrected chi connectivity index (χ4v) is 6.32. The number of amides is 2. The Morgan fingerprint density at radius 1 is 0.912 bits per heavy atom. The Labute approximate surface area is 207 Å². The molecule has 1 saturated heterocycles. The molecule has 1 aliphatic rings. The van der Waals surface area contributed by atoms with Gasteiger partial charge in [0.05, 0.1) is 22.9 Å². The Morgan fingerprint density at radius 2 is 1.68 bits per heavy atom. The molecule has 1 fully saturated rings. The maximum absolute atomic E-state index is 12.8. The average molecular weight is 495 g/mol. The number of ether oxygens (including phenoxy) is 2. The monoisotopic (exact) mass is 494 g/mol. The lowest BCUT2D eigenvalue weighted by molar-refractivity contribution is -0.118. The van der Waals surface area contributed by atoms with Crippen LogP contribution >= 0.6 is 23.5 Å². The summed E-state index contributed by atoms with van der Waals surface area (Å²) in [6.07, 6.45) is 1.26. The molecule has 8 heteroatoms. The smallest absolute Gasteiger partial charge is 0.262 e. The molecule has 3 aromatic rings. The fourth-order valence-electron chi connectivity index (χ4n) is 3.43. The summed E-state index contributed by atoms with van der Waals surface area (Å²) in [6, 6.07) is 21.8. The summed E-state index contributed by atoms with van der Waals surface area (Å²) in [5.74, 6) is 2.97. The van der Waals surface area contributed by atoms with E-state index in [1.165, 1.54) is 23.5 Å². The predicted molar refractivity (Wildman–Crippen MR) is 140 cm³/mol. The molecule has 3 aromatic carbocycles. The maximum Gasteiger partial charge on any atom is 0.262 e. The second-order valence-electron chi connectivity index (χ2n) is 7.56. The minimum atomic E-state index is -0.343. The molecule has 6 nitrogen and oxygen atoms in total. The van der Waals surface area contributed by atoms with Crippen LogP contribution in [0.4, 0.5) is 11.4 Å². The highest BCUT2D eigenvalue weighted by atomic mass is 32.2. The lowest BCUT2D eigenvalue weighted by Crippen LogP contribution is -2.22. The van der Waals surface area contributed by atoms with E-state index in [0.29, 0.717) is 33.0 Å². The van der Waals surface area contributed by atoms with Crippen LogP contribution in [0.15, 0.2) is 72.8 Å². The molecule has 0 aromatic heterocycles. The third-order valence-corrected chi connectivity index (χ3v) is 8.14. The highest BCUT2D eigenvalue weighted by molar-refractivity contribution is 8.16. The van der Waals surface area contributed by atoms with Crippen molar-refractivity contribution in [2.24, 2.45) is 0 Å². The van der Waals surface area contributed by atoms with Crippen molar-refractivity contribution in [1.82, 2.24) is 0 Å². The Hall–Kier alpha value is -3.10. The highest BCUT2D eigenvalue weighted by Crippen LogP contribution is 2.43. The normalized spacial score (nSPS) is 13.7. The lowest BCUT2D eigenvalue weighted by Gasteiger charge is -2.21. The van der Waals surface area contributed by atoms with Crippen LogP contribution in [0, 0.1) is 0 Å². The van der Waals surface area contributed by atoms with Gasteiger partial charge in [-0.1, -0.05) is 30.3 Å². The second kappa shape index (κ2) is 11.9. The topological polar surface area (TPSA) is 76.7 Å². The Balaban J connectivity index is 1.33. The number of hydrogen-bond acceptors (Lipinski definition) is 6. The average Bonchev–Trinajstić information content (AvgIpc) is 2.88. The van der Waals surface area contributed by atoms with Gasteiger partial charge in [0.2, 0.25) is 0 Å². The third kappa shape index (κ3) is 6.48. The molecule has 2 N–H and O–H groups in total. The van der Waals surface area contributed by atoms with Gasteiger partial charge < -0.3 is 20.1 Å². The first-order valence-corrected chi connectivity index (χ1v) is 13.0. The summed E-state index contributed by atoms with van der Waals surface area (Å²) in [5.41, 5.74) is 2.63. The van der Waals surface area contributed by atoms with Crippen molar-refractivity contribution >= 4 is 46.7 Å². The Bertz CT molecular complexity index is 1130. The number of para-hydroxylation sites is 1. The zero-order valence-electron chi connectivity index (χ0n) is 18.8. The number of benzene rings is 3. The highest BCUT2D eigenvalue weighted by Gasteiger charge is 2.17. The molecule has 176 valence electrons. The number of anilines is 2. The zero-order valence-corrected chi connectivity index (χ0v) is 20.4. The fraction of sp³-hybridized carbons (Fsp3) is 0.231. The maximum atomic E-state index is 12.8.